The van der Waals surface area contributed by atoms with E-state index in [-0.39, 0.29) is 0 Å². The highest BCUT2D eigenvalue weighted by Gasteiger charge is 2.19. The Morgan fingerprint density at radius 2 is 2.12 bits per heavy atom. The molecule has 6 heteroatoms. The van der Waals surface area contributed by atoms with Crippen LogP contribution in [-0.4, -0.2) is 68.7 Å². The summed E-state index contributed by atoms with van der Waals surface area (Å²) in [4.78, 5) is 9.29. The Morgan fingerprint density at radius 3 is 2.81 bits per heavy atom. The van der Waals surface area contributed by atoms with Gasteiger partial charge in [-0.3, -0.25) is 9.89 Å². The van der Waals surface area contributed by atoms with Gasteiger partial charge in [0, 0.05) is 51.3 Å². The first-order valence-corrected chi connectivity index (χ1v) is 9.80. The molecule has 0 aliphatic carbocycles. The van der Waals surface area contributed by atoms with E-state index in [0.29, 0.717) is 0 Å². The van der Waals surface area contributed by atoms with Gasteiger partial charge in [-0.2, -0.15) is 0 Å². The van der Waals surface area contributed by atoms with E-state index in [9.17, 15) is 0 Å². The second kappa shape index (κ2) is 9.95. The van der Waals surface area contributed by atoms with Gasteiger partial charge in [-0.1, -0.05) is 35.4 Å². The van der Waals surface area contributed by atoms with Crippen molar-refractivity contribution in [2.24, 2.45) is 4.99 Å². The Hall–Kier alpha value is -1.56. The normalized spacial score (nSPS) is 19.4. The first-order valence-electron chi connectivity index (χ1n) is 9.42. The van der Waals surface area contributed by atoms with Crippen molar-refractivity contribution in [1.82, 2.24) is 15.1 Å². The average Bonchev–Trinajstić information content (AvgIpc) is 2.67. The summed E-state index contributed by atoms with van der Waals surface area (Å²) in [5.41, 5.74) is 2.77. The van der Waals surface area contributed by atoms with Crippen LogP contribution in [0.5, 0.6) is 0 Å². The summed E-state index contributed by atoms with van der Waals surface area (Å²) in [7, 11) is 1.87. The number of halogens is 1. The largest absolute Gasteiger partial charge is 0.377 e. The predicted octanol–water partition coefficient (Wildman–Crippen LogP) is 2.77. The molecule has 0 amide bonds. The van der Waals surface area contributed by atoms with E-state index in [1.54, 1.807) is 0 Å². The molecule has 0 saturated carbocycles. The maximum atomic E-state index is 6.09. The molecule has 3 rings (SSSR count). The molecule has 0 aromatic heterocycles. The van der Waals surface area contributed by atoms with Crippen LogP contribution in [-0.2, 0) is 11.3 Å². The summed E-state index contributed by atoms with van der Waals surface area (Å²) in [6.45, 7) is 7.57. The number of aliphatic imine (C=N–C) groups is 1. The van der Waals surface area contributed by atoms with Crippen LogP contribution >= 0.6 is 11.6 Å². The van der Waals surface area contributed by atoms with E-state index in [2.05, 4.69) is 38.3 Å². The molecule has 1 aromatic carbocycles. The summed E-state index contributed by atoms with van der Waals surface area (Å²) in [5, 5.41) is 4.33. The number of hydrogen-bond acceptors (Lipinski definition) is 3. The first-order chi connectivity index (χ1) is 12.7. The number of rotatable bonds is 5. The molecule has 142 valence electrons. The number of hydrogen-bond donors (Lipinski definition) is 1. The van der Waals surface area contributed by atoms with Crippen molar-refractivity contribution in [3.63, 3.8) is 0 Å². The van der Waals surface area contributed by atoms with Crippen molar-refractivity contribution in [2.75, 3.05) is 53.0 Å². The van der Waals surface area contributed by atoms with Crippen molar-refractivity contribution >= 4 is 17.6 Å². The molecule has 0 radical (unpaired) electrons. The van der Waals surface area contributed by atoms with Gasteiger partial charge in [-0.25, -0.2) is 0 Å². The van der Waals surface area contributed by atoms with E-state index in [1.807, 2.05) is 19.2 Å². The summed E-state index contributed by atoms with van der Waals surface area (Å²) in [6, 6.07) is 8.14. The molecule has 1 N–H and O–H groups in total. The lowest BCUT2D eigenvalue weighted by atomic mass is 10.1. The zero-order valence-electron chi connectivity index (χ0n) is 15.6. The maximum absolute atomic E-state index is 6.09. The summed E-state index contributed by atoms with van der Waals surface area (Å²) < 4.78 is 5.36. The third kappa shape index (κ3) is 5.73. The number of piperazine rings is 1. The second-order valence-electron chi connectivity index (χ2n) is 6.80. The molecule has 1 aromatic rings. The molecule has 26 heavy (non-hydrogen) atoms. The third-order valence-corrected chi connectivity index (χ3v) is 5.20. The van der Waals surface area contributed by atoms with Crippen molar-refractivity contribution in [2.45, 2.75) is 19.4 Å². The highest BCUT2D eigenvalue weighted by molar-refractivity contribution is 6.30. The van der Waals surface area contributed by atoms with Gasteiger partial charge in [0.1, 0.15) is 0 Å². The average molecular weight is 377 g/mol. The molecule has 2 aliphatic rings. The van der Waals surface area contributed by atoms with Crippen molar-refractivity contribution in [3.8, 4) is 0 Å². The summed E-state index contributed by atoms with van der Waals surface area (Å²) in [6.07, 6.45) is 4.34. The Kier molecular flexibility index (Phi) is 7.35. The van der Waals surface area contributed by atoms with E-state index in [4.69, 9.17) is 16.3 Å². The number of guanidine groups is 1. The van der Waals surface area contributed by atoms with Gasteiger partial charge >= 0.3 is 0 Å². The van der Waals surface area contributed by atoms with Gasteiger partial charge < -0.3 is 15.0 Å². The molecule has 1 saturated heterocycles. The van der Waals surface area contributed by atoms with Crippen LogP contribution in [0, 0.1) is 0 Å². The Labute approximate surface area is 161 Å². The van der Waals surface area contributed by atoms with Crippen LogP contribution in [0.2, 0.25) is 5.02 Å². The van der Waals surface area contributed by atoms with Gasteiger partial charge in [0.15, 0.2) is 5.96 Å². The molecule has 5 nitrogen and oxygen atoms in total. The minimum atomic E-state index is 0.763. The topological polar surface area (TPSA) is 40.1 Å². The zero-order valence-corrected chi connectivity index (χ0v) is 16.3. The highest BCUT2D eigenvalue weighted by Crippen LogP contribution is 2.14. The van der Waals surface area contributed by atoms with Gasteiger partial charge in [0.25, 0.3) is 0 Å². The van der Waals surface area contributed by atoms with Gasteiger partial charge in [-0.05, 0) is 30.5 Å². The number of nitrogens with one attached hydrogen (secondary N) is 1. The lowest BCUT2D eigenvalue weighted by Crippen LogP contribution is -2.52. The molecule has 0 bridgehead atoms. The Bertz CT molecular complexity index is 638. The van der Waals surface area contributed by atoms with Crippen LogP contribution in [0.1, 0.15) is 18.4 Å². The number of nitrogens with zero attached hydrogens (tertiary/aromatic N) is 3. The monoisotopic (exact) mass is 376 g/mol. The molecule has 2 aliphatic heterocycles. The van der Waals surface area contributed by atoms with E-state index in [1.165, 1.54) is 11.1 Å². The Balaban J connectivity index is 1.41. The molecule has 1 fully saturated rings. The van der Waals surface area contributed by atoms with Crippen LogP contribution in [0.25, 0.3) is 0 Å². The van der Waals surface area contributed by atoms with Crippen LogP contribution in [0.3, 0.4) is 0 Å². The van der Waals surface area contributed by atoms with Crippen LogP contribution in [0.4, 0.5) is 0 Å². The first kappa shape index (κ1) is 19.2. The highest BCUT2D eigenvalue weighted by atomic mass is 35.5. The lowest BCUT2D eigenvalue weighted by molar-refractivity contribution is 0.153. The van der Waals surface area contributed by atoms with E-state index >= 15 is 0 Å². The minimum absolute atomic E-state index is 0.763. The molecule has 0 atom stereocenters. The predicted molar refractivity (Wildman–Crippen MR) is 108 cm³/mol. The fourth-order valence-electron chi connectivity index (χ4n) is 3.47. The standard InChI is InChI=1S/C20H29ClN4O/c1-22-20(23-8-5-17-6-13-26-14-7-17)25-11-9-24(10-12-25)16-18-3-2-4-19(21)15-18/h2-4,6,15H,5,7-14,16H2,1H3,(H,22,23). The molecule has 0 unspecified atom stereocenters. The second-order valence-corrected chi connectivity index (χ2v) is 7.24. The molecular weight excluding hydrogens is 348 g/mol. The third-order valence-electron chi connectivity index (χ3n) is 4.97. The van der Waals surface area contributed by atoms with Gasteiger partial charge in [0.2, 0.25) is 0 Å². The number of ether oxygens (including phenoxy) is 1. The number of benzene rings is 1. The maximum Gasteiger partial charge on any atom is 0.193 e. The summed E-state index contributed by atoms with van der Waals surface area (Å²) >= 11 is 6.09. The van der Waals surface area contributed by atoms with Crippen molar-refractivity contribution in [3.05, 3.63) is 46.5 Å². The van der Waals surface area contributed by atoms with E-state index in [0.717, 1.165) is 76.3 Å². The SMILES string of the molecule is CN=C(NCCC1=CCOCC1)N1CCN(Cc2cccc(Cl)c2)CC1. The fraction of sp³-hybridized carbons (Fsp3) is 0.550. The van der Waals surface area contributed by atoms with Crippen LogP contribution in [0.15, 0.2) is 40.9 Å². The van der Waals surface area contributed by atoms with Crippen LogP contribution < -0.4 is 5.32 Å². The molecular formula is C20H29ClN4O. The van der Waals surface area contributed by atoms with Gasteiger partial charge in [0.05, 0.1) is 13.2 Å². The zero-order chi connectivity index (χ0) is 18.2. The minimum Gasteiger partial charge on any atom is -0.377 e. The molecule has 2 heterocycles. The van der Waals surface area contributed by atoms with Crippen molar-refractivity contribution < 1.29 is 4.74 Å². The smallest absolute Gasteiger partial charge is 0.193 e. The van der Waals surface area contributed by atoms with Crippen molar-refractivity contribution in [1.29, 1.82) is 0 Å². The fourth-order valence-corrected chi connectivity index (χ4v) is 3.68. The van der Waals surface area contributed by atoms with Gasteiger partial charge in [-0.15, -0.1) is 0 Å². The Morgan fingerprint density at radius 1 is 1.27 bits per heavy atom. The quantitative estimate of drug-likeness (QED) is 0.487. The van der Waals surface area contributed by atoms with E-state index < -0.39 is 0 Å². The molecule has 0 spiro atoms. The summed E-state index contributed by atoms with van der Waals surface area (Å²) in [5.74, 6) is 1.01. The lowest BCUT2D eigenvalue weighted by Gasteiger charge is -2.36.